The fourth-order valence-electron chi connectivity index (χ4n) is 1.30. The van der Waals surface area contributed by atoms with Crippen LogP contribution in [-0.2, 0) is 16.0 Å². The van der Waals surface area contributed by atoms with Crippen molar-refractivity contribution in [3.63, 3.8) is 0 Å². The van der Waals surface area contributed by atoms with E-state index >= 15 is 0 Å². The van der Waals surface area contributed by atoms with Gasteiger partial charge in [0.05, 0.1) is 30.4 Å². The van der Waals surface area contributed by atoms with Gasteiger partial charge in [-0.15, -0.1) is 0 Å². The minimum atomic E-state index is 0.0160. The zero-order valence-electron chi connectivity index (χ0n) is 9.40. The van der Waals surface area contributed by atoms with Crippen LogP contribution in [0, 0.1) is 0 Å². The summed E-state index contributed by atoms with van der Waals surface area (Å²) in [5, 5.41) is 4.11. The Morgan fingerprint density at radius 3 is 2.75 bits per heavy atom. The lowest BCUT2D eigenvalue weighted by Gasteiger charge is -2.06. The summed E-state index contributed by atoms with van der Waals surface area (Å²) < 4.78 is 12.2. The highest BCUT2D eigenvalue weighted by atomic mass is 79.9. The maximum atomic E-state index is 11.9. The molecule has 1 heterocycles. The van der Waals surface area contributed by atoms with Gasteiger partial charge in [-0.3, -0.25) is 9.48 Å². The number of Topliss-reactive ketones (excluding diaryl/α,β-unsaturated/α-hetero) is 1. The number of ketones is 1. The third kappa shape index (κ3) is 3.40. The van der Waals surface area contributed by atoms with Crippen LogP contribution in [0.4, 0.5) is 0 Å². The molecule has 0 aliphatic carbocycles. The summed E-state index contributed by atoms with van der Waals surface area (Å²) in [7, 11) is 3.19. The average Bonchev–Trinajstić information content (AvgIpc) is 2.64. The van der Waals surface area contributed by atoms with Crippen LogP contribution in [0.25, 0.3) is 0 Å². The van der Waals surface area contributed by atoms with Gasteiger partial charge >= 0.3 is 0 Å². The van der Waals surface area contributed by atoms with Gasteiger partial charge in [0.1, 0.15) is 5.69 Å². The van der Waals surface area contributed by atoms with E-state index in [-0.39, 0.29) is 5.78 Å². The van der Waals surface area contributed by atoms with Crippen molar-refractivity contribution in [2.45, 2.75) is 13.0 Å². The molecule has 0 atom stereocenters. The van der Waals surface area contributed by atoms with Crippen molar-refractivity contribution in [2.75, 3.05) is 27.4 Å². The molecule has 0 bridgehead atoms. The lowest BCUT2D eigenvalue weighted by Crippen LogP contribution is -2.15. The number of hydrogen-bond donors (Lipinski definition) is 0. The summed E-state index contributed by atoms with van der Waals surface area (Å²) in [4.78, 5) is 11.9. The van der Waals surface area contributed by atoms with E-state index in [0.29, 0.717) is 36.3 Å². The first kappa shape index (κ1) is 13.3. The van der Waals surface area contributed by atoms with Gasteiger partial charge in [0.25, 0.3) is 0 Å². The standard InChI is InChI=1S/C10H15BrN2O3/c1-15-5-3-9(14)10-8(11)7-12-13(10)4-6-16-2/h7H,3-6H2,1-2H3. The monoisotopic (exact) mass is 290 g/mol. The fraction of sp³-hybridized carbons (Fsp3) is 0.600. The van der Waals surface area contributed by atoms with Crippen molar-refractivity contribution in [3.05, 3.63) is 16.4 Å². The predicted octanol–water partition coefficient (Wildman–Crippen LogP) is 1.51. The number of hydrogen-bond acceptors (Lipinski definition) is 4. The van der Waals surface area contributed by atoms with Crippen molar-refractivity contribution in [1.82, 2.24) is 9.78 Å². The first-order valence-corrected chi connectivity index (χ1v) is 5.72. The van der Waals surface area contributed by atoms with Gasteiger partial charge in [-0.05, 0) is 15.9 Å². The Hall–Kier alpha value is -0.720. The van der Waals surface area contributed by atoms with Gasteiger partial charge < -0.3 is 9.47 Å². The van der Waals surface area contributed by atoms with Crippen LogP contribution in [0.2, 0.25) is 0 Å². The molecule has 0 saturated heterocycles. The smallest absolute Gasteiger partial charge is 0.184 e. The van der Waals surface area contributed by atoms with E-state index in [1.807, 2.05) is 0 Å². The highest BCUT2D eigenvalue weighted by molar-refractivity contribution is 9.10. The molecule has 0 aliphatic rings. The van der Waals surface area contributed by atoms with Gasteiger partial charge in [0.2, 0.25) is 0 Å². The third-order valence-electron chi connectivity index (χ3n) is 2.10. The molecule has 1 aromatic rings. The van der Waals surface area contributed by atoms with Crippen LogP contribution in [-0.4, -0.2) is 43.0 Å². The summed E-state index contributed by atoms with van der Waals surface area (Å²) in [6.07, 6.45) is 1.98. The fourth-order valence-corrected chi connectivity index (χ4v) is 1.82. The molecular weight excluding hydrogens is 276 g/mol. The summed E-state index contributed by atoms with van der Waals surface area (Å²) in [5.41, 5.74) is 0.578. The van der Waals surface area contributed by atoms with Crippen molar-refractivity contribution < 1.29 is 14.3 Å². The predicted molar refractivity (Wildman–Crippen MR) is 62.6 cm³/mol. The second-order valence-corrected chi connectivity index (χ2v) is 4.08. The minimum absolute atomic E-state index is 0.0160. The summed E-state index contributed by atoms with van der Waals surface area (Å²) >= 11 is 3.32. The van der Waals surface area contributed by atoms with Crippen LogP contribution >= 0.6 is 15.9 Å². The average molecular weight is 291 g/mol. The van der Waals surface area contributed by atoms with Crippen molar-refractivity contribution in [1.29, 1.82) is 0 Å². The Balaban J connectivity index is 2.75. The highest BCUT2D eigenvalue weighted by Gasteiger charge is 2.16. The molecule has 0 saturated carbocycles. The van der Waals surface area contributed by atoms with Crippen molar-refractivity contribution in [3.8, 4) is 0 Å². The summed E-state index contributed by atoms with van der Waals surface area (Å²) in [5.74, 6) is 0.0160. The van der Waals surface area contributed by atoms with Gasteiger partial charge in [0, 0.05) is 20.6 Å². The molecule has 1 rings (SSSR count). The third-order valence-corrected chi connectivity index (χ3v) is 2.68. The zero-order chi connectivity index (χ0) is 12.0. The van der Waals surface area contributed by atoms with Crippen LogP contribution < -0.4 is 0 Å². The maximum absolute atomic E-state index is 11.9. The molecule has 6 heteroatoms. The molecule has 1 aromatic heterocycles. The van der Waals surface area contributed by atoms with E-state index in [9.17, 15) is 4.79 Å². The minimum Gasteiger partial charge on any atom is -0.384 e. The molecule has 0 aliphatic heterocycles. The van der Waals surface area contributed by atoms with Crippen molar-refractivity contribution in [2.24, 2.45) is 0 Å². The Morgan fingerprint density at radius 2 is 2.12 bits per heavy atom. The van der Waals surface area contributed by atoms with E-state index in [4.69, 9.17) is 9.47 Å². The highest BCUT2D eigenvalue weighted by Crippen LogP contribution is 2.17. The number of carbonyl (C=O) groups is 1. The molecule has 5 nitrogen and oxygen atoms in total. The van der Waals surface area contributed by atoms with Crippen LogP contribution in [0.5, 0.6) is 0 Å². The van der Waals surface area contributed by atoms with E-state index in [0.717, 1.165) is 0 Å². The van der Waals surface area contributed by atoms with Gasteiger partial charge in [-0.1, -0.05) is 0 Å². The number of halogens is 1. The van der Waals surface area contributed by atoms with Crippen LogP contribution in [0.1, 0.15) is 16.9 Å². The molecule has 0 spiro atoms. The Morgan fingerprint density at radius 1 is 1.44 bits per heavy atom. The molecule has 0 radical (unpaired) electrons. The second-order valence-electron chi connectivity index (χ2n) is 3.22. The first-order chi connectivity index (χ1) is 7.70. The molecular formula is C10H15BrN2O3. The van der Waals surface area contributed by atoms with Crippen LogP contribution in [0.3, 0.4) is 0 Å². The van der Waals surface area contributed by atoms with Gasteiger partial charge in [-0.2, -0.15) is 5.10 Å². The largest absolute Gasteiger partial charge is 0.384 e. The summed E-state index contributed by atoms with van der Waals surface area (Å²) in [6.45, 7) is 1.51. The number of nitrogens with zero attached hydrogens (tertiary/aromatic N) is 2. The van der Waals surface area contributed by atoms with Crippen molar-refractivity contribution >= 4 is 21.7 Å². The first-order valence-electron chi connectivity index (χ1n) is 4.93. The molecule has 0 unspecified atom stereocenters. The Kier molecular flexibility index (Phi) is 5.65. The molecule has 0 amide bonds. The molecule has 90 valence electrons. The number of carbonyl (C=O) groups excluding carboxylic acids is 1. The molecule has 0 N–H and O–H groups in total. The number of rotatable bonds is 7. The second kappa shape index (κ2) is 6.78. The normalized spacial score (nSPS) is 10.7. The van der Waals surface area contributed by atoms with Crippen LogP contribution in [0.15, 0.2) is 10.7 Å². The maximum Gasteiger partial charge on any atom is 0.184 e. The summed E-state index contributed by atoms with van der Waals surface area (Å²) in [6, 6.07) is 0. The van der Waals surface area contributed by atoms with Gasteiger partial charge in [-0.25, -0.2) is 0 Å². The quantitative estimate of drug-likeness (QED) is 0.715. The van der Waals surface area contributed by atoms with E-state index in [1.54, 1.807) is 25.1 Å². The molecule has 0 aromatic carbocycles. The van der Waals surface area contributed by atoms with E-state index in [1.165, 1.54) is 0 Å². The topological polar surface area (TPSA) is 53.3 Å². The SMILES string of the molecule is COCCC(=O)c1c(Br)cnn1CCOC. The van der Waals surface area contributed by atoms with E-state index < -0.39 is 0 Å². The number of ether oxygens (including phenoxy) is 2. The number of methoxy groups -OCH3 is 2. The lowest BCUT2D eigenvalue weighted by molar-refractivity contribution is 0.0917. The Bertz CT molecular complexity index is 352. The molecule has 0 fully saturated rings. The molecule has 16 heavy (non-hydrogen) atoms. The van der Waals surface area contributed by atoms with E-state index in [2.05, 4.69) is 21.0 Å². The zero-order valence-corrected chi connectivity index (χ0v) is 11.0. The Labute approximate surface area is 103 Å². The number of aromatic nitrogens is 2. The lowest BCUT2D eigenvalue weighted by atomic mass is 10.2. The van der Waals surface area contributed by atoms with Gasteiger partial charge in [0.15, 0.2) is 5.78 Å².